The summed E-state index contributed by atoms with van der Waals surface area (Å²) in [6.07, 6.45) is 4.83. The molecule has 0 aromatic heterocycles. The Kier molecular flexibility index (Phi) is 4.22. The zero-order valence-corrected chi connectivity index (χ0v) is 10.1. The van der Waals surface area contributed by atoms with Crippen molar-refractivity contribution in [3.8, 4) is 0 Å². The fourth-order valence-electron chi connectivity index (χ4n) is 2.12. The SMILES string of the molecule is NC(CC1CCCCO1)c1ccc(Cl)cc1. The number of ether oxygens (including phenoxy) is 1. The fraction of sp³-hybridized carbons (Fsp3) is 0.538. The first kappa shape index (κ1) is 11.9. The highest BCUT2D eigenvalue weighted by atomic mass is 35.5. The zero-order valence-electron chi connectivity index (χ0n) is 9.36. The second-order valence-corrected chi connectivity index (χ2v) is 4.82. The number of nitrogens with two attached hydrogens (primary N) is 1. The van der Waals surface area contributed by atoms with Crippen molar-refractivity contribution in [1.82, 2.24) is 0 Å². The molecule has 0 amide bonds. The molecule has 2 rings (SSSR count). The Labute approximate surface area is 102 Å². The van der Waals surface area contributed by atoms with Gasteiger partial charge in [-0.05, 0) is 43.4 Å². The Morgan fingerprint density at radius 2 is 2.06 bits per heavy atom. The molecule has 0 saturated carbocycles. The van der Waals surface area contributed by atoms with Gasteiger partial charge in [-0.25, -0.2) is 0 Å². The van der Waals surface area contributed by atoms with Gasteiger partial charge in [0, 0.05) is 17.7 Å². The van der Waals surface area contributed by atoms with Crippen molar-refractivity contribution >= 4 is 11.6 Å². The van der Waals surface area contributed by atoms with Gasteiger partial charge in [-0.3, -0.25) is 0 Å². The fourth-order valence-corrected chi connectivity index (χ4v) is 2.25. The number of rotatable bonds is 3. The molecule has 0 aliphatic carbocycles. The molecule has 1 aromatic carbocycles. The van der Waals surface area contributed by atoms with Crippen molar-refractivity contribution in [3.05, 3.63) is 34.9 Å². The van der Waals surface area contributed by atoms with Gasteiger partial charge in [-0.15, -0.1) is 0 Å². The monoisotopic (exact) mass is 239 g/mol. The maximum Gasteiger partial charge on any atom is 0.0593 e. The third kappa shape index (κ3) is 3.21. The van der Waals surface area contributed by atoms with Crippen LogP contribution < -0.4 is 5.73 Å². The van der Waals surface area contributed by atoms with Gasteiger partial charge in [0.1, 0.15) is 0 Å². The van der Waals surface area contributed by atoms with E-state index in [1.54, 1.807) is 0 Å². The minimum atomic E-state index is 0.0559. The minimum absolute atomic E-state index is 0.0559. The van der Waals surface area contributed by atoms with Crippen molar-refractivity contribution < 1.29 is 4.74 Å². The molecule has 1 aliphatic heterocycles. The first-order valence-corrected chi connectivity index (χ1v) is 6.26. The van der Waals surface area contributed by atoms with E-state index in [1.165, 1.54) is 12.8 Å². The van der Waals surface area contributed by atoms with Gasteiger partial charge in [-0.1, -0.05) is 23.7 Å². The molecule has 1 fully saturated rings. The lowest BCUT2D eigenvalue weighted by Gasteiger charge is -2.25. The van der Waals surface area contributed by atoms with E-state index in [4.69, 9.17) is 22.1 Å². The molecule has 1 saturated heterocycles. The van der Waals surface area contributed by atoms with Gasteiger partial charge < -0.3 is 10.5 Å². The first-order valence-electron chi connectivity index (χ1n) is 5.88. The van der Waals surface area contributed by atoms with Crippen LogP contribution in [0.2, 0.25) is 5.02 Å². The zero-order chi connectivity index (χ0) is 11.4. The molecule has 0 radical (unpaired) electrons. The summed E-state index contributed by atoms with van der Waals surface area (Å²) in [5.41, 5.74) is 7.29. The van der Waals surface area contributed by atoms with Crippen LogP contribution in [0.5, 0.6) is 0 Å². The summed E-state index contributed by atoms with van der Waals surface area (Å²) >= 11 is 5.84. The second kappa shape index (κ2) is 5.67. The van der Waals surface area contributed by atoms with Gasteiger partial charge in [0.25, 0.3) is 0 Å². The van der Waals surface area contributed by atoms with E-state index in [0.29, 0.717) is 6.10 Å². The molecule has 88 valence electrons. The van der Waals surface area contributed by atoms with Crippen LogP contribution in [0.1, 0.15) is 37.3 Å². The highest BCUT2D eigenvalue weighted by Gasteiger charge is 2.18. The predicted octanol–water partition coefficient (Wildman–Crippen LogP) is 3.30. The van der Waals surface area contributed by atoms with Crippen molar-refractivity contribution in [2.24, 2.45) is 5.73 Å². The molecule has 3 heteroatoms. The summed E-state index contributed by atoms with van der Waals surface area (Å²) in [7, 11) is 0. The first-order chi connectivity index (χ1) is 7.75. The normalized spacial score (nSPS) is 23.0. The molecule has 1 aromatic rings. The Balaban J connectivity index is 1.91. The van der Waals surface area contributed by atoms with Gasteiger partial charge in [0.2, 0.25) is 0 Å². The lowest BCUT2D eigenvalue weighted by atomic mass is 9.97. The van der Waals surface area contributed by atoms with Crippen LogP contribution in [-0.4, -0.2) is 12.7 Å². The third-order valence-corrected chi connectivity index (χ3v) is 3.34. The molecular formula is C13H18ClNO. The summed E-state index contributed by atoms with van der Waals surface area (Å²) in [4.78, 5) is 0. The van der Waals surface area contributed by atoms with Crippen LogP contribution >= 0.6 is 11.6 Å². The second-order valence-electron chi connectivity index (χ2n) is 4.38. The summed E-state index contributed by atoms with van der Waals surface area (Å²) in [5.74, 6) is 0. The Bertz CT molecular complexity index is 319. The van der Waals surface area contributed by atoms with E-state index in [0.717, 1.165) is 30.0 Å². The molecule has 0 bridgehead atoms. The largest absolute Gasteiger partial charge is 0.378 e. The number of halogens is 1. The number of benzene rings is 1. The lowest BCUT2D eigenvalue weighted by Crippen LogP contribution is -2.24. The molecular weight excluding hydrogens is 222 g/mol. The van der Waals surface area contributed by atoms with Crippen LogP contribution in [0.25, 0.3) is 0 Å². The van der Waals surface area contributed by atoms with Crippen molar-refractivity contribution in [2.75, 3.05) is 6.61 Å². The molecule has 16 heavy (non-hydrogen) atoms. The average Bonchev–Trinajstić information content (AvgIpc) is 2.31. The van der Waals surface area contributed by atoms with E-state index < -0.39 is 0 Å². The van der Waals surface area contributed by atoms with E-state index in [1.807, 2.05) is 24.3 Å². The molecule has 2 unspecified atom stereocenters. The van der Waals surface area contributed by atoms with Crippen molar-refractivity contribution in [2.45, 2.75) is 37.8 Å². The van der Waals surface area contributed by atoms with Crippen LogP contribution in [0, 0.1) is 0 Å². The summed E-state index contributed by atoms with van der Waals surface area (Å²) in [6, 6.07) is 7.82. The molecule has 2 N–H and O–H groups in total. The van der Waals surface area contributed by atoms with Crippen molar-refractivity contribution in [1.29, 1.82) is 0 Å². The molecule has 1 aliphatic rings. The summed E-state index contributed by atoms with van der Waals surface area (Å²) in [6.45, 7) is 0.887. The Morgan fingerprint density at radius 1 is 1.31 bits per heavy atom. The number of hydrogen-bond donors (Lipinski definition) is 1. The minimum Gasteiger partial charge on any atom is -0.378 e. The van der Waals surface area contributed by atoms with Gasteiger partial charge in [0.15, 0.2) is 0 Å². The standard InChI is InChI=1S/C13H18ClNO/c14-11-6-4-10(5-7-11)13(15)9-12-3-1-2-8-16-12/h4-7,12-13H,1-3,8-9,15H2. The molecule has 0 spiro atoms. The number of hydrogen-bond acceptors (Lipinski definition) is 2. The van der Waals surface area contributed by atoms with Crippen LogP contribution in [0.3, 0.4) is 0 Å². The highest BCUT2D eigenvalue weighted by molar-refractivity contribution is 6.30. The van der Waals surface area contributed by atoms with Crippen LogP contribution in [0.4, 0.5) is 0 Å². The molecule has 2 atom stereocenters. The maximum absolute atomic E-state index is 6.15. The Morgan fingerprint density at radius 3 is 2.69 bits per heavy atom. The maximum atomic E-state index is 6.15. The van der Waals surface area contributed by atoms with E-state index in [9.17, 15) is 0 Å². The van der Waals surface area contributed by atoms with Gasteiger partial charge >= 0.3 is 0 Å². The third-order valence-electron chi connectivity index (χ3n) is 3.09. The average molecular weight is 240 g/mol. The summed E-state index contributed by atoms with van der Waals surface area (Å²) < 4.78 is 5.69. The lowest BCUT2D eigenvalue weighted by molar-refractivity contribution is 0.00729. The highest BCUT2D eigenvalue weighted by Crippen LogP contribution is 2.23. The molecule has 2 nitrogen and oxygen atoms in total. The van der Waals surface area contributed by atoms with Gasteiger partial charge in [0.05, 0.1) is 6.10 Å². The van der Waals surface area contributed by atoms with E-state index in [-0.39, 0.29) is 6.04 Å². The smallest absolute Gasteiger partial charge is 0.0593 e. The topological polar surface area (TPSA) is 35.2 Å². The van der Waals surface area contributed by atoms with Gasteiger partial charge in [-0.2, -0.15) is 0 Å². The Hall–Kier alpha value is -0.570. The van der Waals surface area contributed by atoms with Crippen LogP contribution in [-0.2, 0) is 4.74 Å². The summed E-state index contributed by atoms with van der Waals surface area (Å²) in [5, 5.41) is 0.755. The van der Waals surface area contributed by atoms with E-state index in [2.05, 4.69) is 0 Å². The molecule has 1 heterocycles. The van der Waals surface area contributed by atoms with E-state index >= 15 is 0 Å². The predicted molar refractivity (Wildman–Crippen MR) is 66.6 cm³/mol. The van der Waals surface area contributed by atoms with Crippen molar-refractivity contribution in [3.63, 3.8) is 0 Å². The quantitative estimate of drug-likeness (QED) is 0.879. The van der Waals surface area contributed by atoms with Crippen LogP contribution in [0.15, 0.2) is 24.3 Å².